The van der Waals surface area contributed by atoms with Crippen molar-refractivity contribution >= 4 is 0 Å². The minimum atomic E-state index is 0.519. The molecule has 1 atom stereocenters. The van der Waals surface area contributed by atoms with Crippen LogP contribution in [0.25, 0.3) is 0 Å². The predicted molar refractivity (Wildman–Crippen MR) is 73.1 cm³/mol. The van der Waals surface area contributed by atoms with E-state index in [4.69, 9.17) is 0 Å². The molecule has 0 bridgehead atoms. The van der Waals surface area contributed by atoms with Gasteiger partial charge in [-0.05, 0) is 44.0 Å². The minimum absolute atomic E-state index is 0.519. The highest BCUT2D eigenvalue weighted by Gasteiger charge is 2.01. The number of pyridine rings is 1. The van der Waals surface area contributed by atoms with E-state index in [2.05, 4.69) is 42.5 Å². The van der Waals surface area contributed by atoms with Gasteiger partial charge in [0.05, 0.1) is 0 Å². The summed E-state index contributed by atoms with van der Waals surface area (Å²) in [7, 11) is 0. The van der Waals surface area contributed by atoms with Crippen molar-refractivity contribution < 1.29 is 0 Å². The van der Waals surface area contributed by atoms with Crippen LogP contribution in [0.3, 0.4) is 0 Å². The summed E-state index contributed by atoms with van der Waals surface area (Å²) < 4.78 is 0. The number of hydrogen-bond acceptors (Lipinski definition) is 3. The van der Waals surface area contributed by atoms with E-state index in [1.165, 1.54) is 5.56 Å². The molecule has 0 aliphatic carbocycles. The average molecular weight is 235 g/mol. The third kappa shape index (κ3) is 7.08. The zero-order chi connectivity index (χ0) is 12.5. The number of hydrogen-bond donors (Lipinski definition) is 2. The van der Waals surface area contributed by atoms with E-state index in [1.54, 1.807) is 0 Å². The van der Waals surface area contributed by atoms with Gasteiger partial charge in [0.15, 0.2) is 0 Å². The van der Waals surface area contributed by atoms with Crippen molar-refractivity contribution in [2.75, 3.05) is 19.6 Å². The van der Waals surface area contributed by atoms with Crippen LogP contribution in [-0.4, -0.2) is 30.7 Å². The second-order valence-corrected chi connectivity index (χ2v) is 5.02. The van der Waals surface area contributed by atoms with Gasteiger partial charge in [0, 0.05) is 25.0 Å². The van der Waals surface area contributed by atoms with Crippen molar-refractivity contribution in [3.63, 3.8) is 0 Å². The molecule has 96 valence electrons. The molecule has 1 unspecified atom stereocenters. The Balaban J connectivity index is 2.06. The predicted octanol–water partition coefficient (Wildman–Crippen LogP) is 1.85. The Hall–Kier alpha value is -0.930. The summed E-state index contributed by atoms with van der Waals surface area (Å²) in [6.07, 6.45) is 4.79. The van der Waals surface area contributed by atoms with Crippen LogP contribution < -0.4 is 10.6 Å². The highest BCUT2D eigenvalue weighted by Crippen LogP contribution is 1.95. The molecule has 3 nitrogen and oxygen atoms in total. The van der Waals surface area contributed by atoms with Gasteiger partial charge in [-0.1, -0.05) is 19.9 Å². The number of nitrogens with zero attached hydrogens (tertiary/aromatic N) is 1. The highest BCUT2D eigenvalue weighted by atomic mass is 15.0. The van der Waals surface area contributed by atoms with Crippen molar-refractivity contribution in [2.24, 2.45) is 5.92 Å². The van der Waals surface area contributed by atoms with Crippen molar-refractivity contribution in [1.82, 2.24) is 15.6 Å². The lowest BCUT2D eigenvalue weighted by molar-refractivity contribution is 0.474. The Morgan fingerprint density at radius 2 is 2.06 bits per heavy atom. The molecule has 0 saturated carbocycles. The topological polar surface area (TPSA) is 37.0 Å². The van der Waals surface area contributed by atoms with Gasteiger partial charge in [0.2, 0.25) is 0 Å². The van der Waals surface area contributed by atoms with E-state index in [9.17, 15) is 0 Å². The van der Waals surface area contributed by atoms with E-state index in [-0.39, 0.29) is 0 Å². The third-order valence-electron chi connectivity index (χ3n) is 2.63. The van der Waals surface area contributed by atoms with Gasteiger partial charge in [-0.25, -0.2) is 0 Å². The molecule has 0 fully saturated rings. The van der Waals surface area contributed by atoms with E-state index >= 15 is 0 Å². The van der Waals surface area contributed by atoms with Crippen molar-refractivity contribution in [3.05, 3.63) is 30.1 Å². The van der Waals surface area contributed by atoms with Gasteiger partial charge in [-0.2, -0.15) is 0 Å². The molecule has 0 radical (unpaired) electrons. The molecule has 1 aromatic rings. The van der Waals surface area contributed by atoms with Gasteiger partial charge in [0.25, 0.3) is 0 Å². The lowest BCUT2D eigenvalue weighted by Gasteiger charge is -2.15. The van der Waals surface area contributed by atoms with E-state index in [0.717, 1.165) is 32.0 Å². The molecular weight excluding hydrogens is 210 g/mol. The van der Waals surface area contributed by atoms with Gasteiger partial charge in [-0.15, -0.1) is 0 Å². The molecule has 17 heavy (non-hydrogen) atoms. The first-order valence-corrected chi connectivity index (χ1v) is 6.51. The van der Waals surface area contributed by atoms with Crippen molar-refractivity contribution in [1.29, 1.82) is 0 Å². The normalized spacial score (nSPS) is 12.9. The molecule has 0 aliphatic heterocycles. The summed E-state index contributed by atoms with van der Waals surface area (Å²) in [4.78, 5) is 4.11. The first kappa shape index (κ1) is 14.1. The smallest absolute Gasteiger partial charge is 0.0300 e. The third-order valence-corrected chi connectivity index (χ3v) is 2.63. The Morgan fingerprint density at radius 3 is 2.71 bits per heavy atom. The van der Waals surface area contributed by atoms with Gasteiger partial charge < -0.3 is 10.6 Å². The van der Waals surface area contributed by atoms with Crippen molar-refractivity contribution in [2.45, 2.75) is 33.2 Å². The van der Waals surface area contributed by atoms with Gasteiger partial charge in [-0.3, -0.25) is 4.98 Å². The standard InChI is InChI=1S/C14H25N3/c1-12(2)9-16-10-13(3)17-8-6-14-5-4-7-15-11-14/h4-5,7,11-13,16-17H,6,8-10H2,1-3H3. The Morgan fingerprint density at radius 1 is 1.24 bits per heavy atom. The quantitative estimate of drug-likeness (QED) is 0.722. The molecule has 2 N–H and O–H groups in total. The number of aromatic nitrogens is 1. The molecular formula is C14H25N3. The largest absolute Gasteiger partial charge is 0.315 e. The first-order valence-electron chi connectivity index (χ1n) is 6.51. The van der Waals surface area contributed by atoms with Crippen LogP contribution in [0.1, 0.15) is 26.3 Å². The lowest BCUT2D eigenvalue weighted by atomic mass is 10.2. The summed E-state index contributed by atoms with van der Waals surface area (Å²) in [5.74, 6) is 0.720. The molecule has 0 aromatic carbocycles. The first-order chi connectivity index (χ1) is 8.18. The van der Waals surface area contributed by atoms with Crippen LogP contribution in [0, 0.1) is 5.92 Å². The average Bonchev–Trinajstić information content (AvgIpc) is 2.30. The van der Waals surface area contributed by atoms with E-state index < -0.39 is 0 Å². The van der Waals surface area contributed by atoms with Crippen LogP contribution >= 0.6 is 0 Å². The summed E-state index contributed by atoms with van der Waals surface area (Å²) in [6.45, 7) is 9.81. The van der Waals surface area contributed by atoms with Crippen molar-refractivity contribution in [3.8, 4) is 0 Å². The molecule has 1 rings (SSSR count). The maximum atomic E-state index is 4.11. The second kappa shape index (κ2) is 8.20. The monoisotopic (exact) mass is 235 g/mol. The van der Waals surface area contributed by atoms with Crippen LogP contribution in [0.15, 0.2) is 24.5 Å². The fourth-order valence-corrected chi connectivity index (χ4v) is 1.67. The maximum absolute atomic E-state index is 4.11. The summed E-state index contributed by atoms with van der Waals surface area (Å²) in [5, 5.41) is 6.97. The zero-order valence-electron chi connectivity index (χ0n) is 11.2. The second-order valence-electron chi connectivity index (χ2n) is 5.02. The van der Waals surface area contributed by atoms with Gasteiger partial charge in [0.1, 0.15) is 0 Å². The fraction of sp³-hybridized carbons (Fsp3) is 0.643. The highest BCUT2D eigenvalue weighted by molar-refractivity contribution is 5.08. The summed E-state index contributed by atoms with van der Waals surface area (Å²) in [6, 6.07) is 4.63. The molecule has 1 aromatic heterocycles. The number of rotatable bonds is 8. The lowest BCUT2D eigenvalue weighted by Crippen LogP contribution is -2.38. The Kier molecular flexibility index (Phi) is 6.82. The van der Waals surface area contributed by atoms with Gasteiger partial charge >= 0.3 is 0 Å². The molecule has 1 heterocycles. The van der Waals surface area contributed by atoms with E-state index in [1.807, 2.05) is 18.5 Å². The van der Waals surface area contributed by atoms with Crippen LogP contribution in [0.4, 0.5) is 0 Å². The van der Waals surface area contributed by atoms with Crippen LogP contribution in [0.5, 0.6) is 0 Å². The number of nitrogens with one attached hydrogen (secondary N) is 2. The molecule has 0 saturated heterocycles. The maximum Gasteiger partial charge on any atom is 0.0300 e. The summed E-state index contributed by atoms with van der Waals surface area (Å²) >= 11 is 0. The minimum Gasteiger partial charge on any atom is -0.315 e. The fourth-order valence-electron chi connectivity index (χ4n) is 1.67. The molecule has 0 aliphatic rings. The van der Waals surface area contributed by atoms with E-state index in [0.29, 0.717) is 6.04 Å². The summed E-state index contributed by atoms with van der Waals surface area (Å²) in [5.41, 5.74) is 1.29. The van der Waals surface area contributed by atoms with Crippen LogP contribution in [-0.2, 0) is 6.42 Å². The molecule has 0 spiro atoms. The SMILES string of the molecule is CC(C)CNCC(C)NCCc1cccnc1. The zero-order valence-corrected chi connectivity index (χ0v) is 11.2. The Labute approximate surface area is 105 Å². The Bertz CT molecular complexity index is 285. The molecule has 0 amide bonds. The molecule has 3 heteroatoms. The van der Waals surface area contributed by atoms with Crippen LogP contribution in [0.2, 0.25) is 0 Å².